The van der Waals surface area contributed by atoms with E-state index in [1.165, 1.54) is 29.2 Å². The molecule has 2 saturated heterocycles. The highest BCUT2D eigenvalue weighted by Crippen LogP contribution is 2.43. The Labute approximate surface area is 183 Å². The highest BCUT2D eigenvalue weighted by Gasteiger charge is 2.58. The van der Waals surface area contributed by atoms with Gasteiger partial charge in [0.15, 0.2) is 11.9 Å². The number of amides is 4. The van der Waals surface area contributed by atoms with Crippen LogP contribution in [0.1, 0.15) is 31.4 Å². The van der Waals surface area contributed by atoms with Gasteiger partial charge in [0.2, 0.25) is 5.91 Å². The van der Waals surface area contributed by atoms with Gasteiger partial charge in [-0.2, -0.15) is 0 Å². The van der Waals surface area contributed by atoms with Crippen molar-refractivity contribution in [2.75, 3.05) is 16.8 Å². The molecule has 1 N–H and O–H groups in total. The molecule has 4 amide bonds. The van der Waals surface area contributed by atoms with Gasteiger partial charge in [0.25, 0.3) is 5.91 Å². The second kappa shape index (κ2) is 8.01. The third-order valence-corrected chi connectivity index (χ3v) is 6.38. The highest BCUT2D eigenvalue weighted by atomic mass is 19.1. The van der Waals surface area contributed by atoms with Crippen LogP contribution in [0.3, 0.4) is 0 Å². The Balaban J connectivity index is 1.46. The van der Waals surface area contributed by atoms with Gasteiger partial charge >= 0.3 is 6.03 Å². The summed E-state index contributed by atoms with van der Waals surface area (Å²) < 4.78 is 24.5. The van der Waals surface area contributed by atoms with Crippen LogP contribution in [0.5, 0.6) is 0 Å². The number of nitrogens with one attached hydrogen (secondary N) is 1. The van der Waals surface area contributed by atoms with Crippen LogP contribution in [0.15, 0.2) is 34.9 Å². The maximum Gasteiger partial charge on any atom is 0.332 e. The van der Waals surface area contributed by atoms with E-state index in [2.05, 4.69) is 10.5 Å². The molecule has 3 fully saturated rings. The van der Waals surface area contributed by atoms with Crippen LogP contribution in [0, 0.1) is 18.7 Å². The fraction of sp³-hybridized carbons (Fsp3) is 0.455. The molecular weight excluding hydrogens is 419 g/mol. The van der Waals surface area contributed by atoms with Crippen molar-refractivity contribution >= 4 is 29.4 Å². The highest BCUT2D eigenvalue weighted by molar-refractivity contribution is 6.18. The van der Waals surface area contributed by atoms with Crippen LogP contribution in [-0.4, -0.2) is 52.7 Å². The minimum Gasteiger partial charge on any atom is -0.363 e. The van der Waals surface area contributed by atoms with Crippen molar-refractivity contribution < 1.29 is 28.0 Å². The van der Waals surface area contributed by atoms with E-state index in [1.54, 1.807) is 13.0 Å². The minimum atomic E-state index is -0.868. The van der Waals surface area contributed by atoms with Gasteiger partial charge in [0.1, 0.15) is 18.1 Å². The topological polar surface area (TPSA) is 105 Å². The van der Waals surface area contributed by atoms with Gasteiger partial charge in [-0.15, -0.1) is 0 Å². The molecule has 0 bridgehead atoms. The van der Waals surface area contributed by atoms with Crippen LogP contribution in [0.4, 0.5) is 20.7 Å². The predicted molar refractivity (Wildman–Crippen MR) is 110 cm³/mol. The standard InChI is InChI=1S/C22H23FN4O5/c1-12-10-17(25-32-12)24-18(28)11-26-19-15-4-2-3-5-16(15)31-20(19)21(29)27(22(26)30)14-8-6-13(23)7-9-14/h6-10,15-16,19-20H,2-5,11H2,1H3,(H,24,25,28). The summed E-state index contributed by atoms with van der Waals surface area (Å²) in [4.78, 5) is 42.0. The smallest absolute Gasteiger partial charge is 0.332 e. The van der Waals surface area contributed by atoms with E-state index in [1.807, 2.05) is 0 Å². The lowest BCUT2D eigenvalue weighted by Gasteiger charge is -2.42. The zero-order valence-corrected chi connectivity index (χ0v) is 17.5. The molecule has 168 valence electrons. The van der Waals surface area contributed by atoms with E-state index in [0.717, 1.165) is 30.6 Å². The first kappa shape index (κ1) is 20.6. The number of nitrogens with zero attached hydrogens (tertiary/aromatic N) is 3. The fourth-order valence-corrected chi connectivity index (χ4v) is 5.02. The van der Waals surface area contributed by atoms with Gasteiger partial charge in [0.05, 0.1) is 17.8 Å². The van der Waals surface area contributed by atoms with Crippen LogP contribution in [0.2, 0.25) is 0 Å². The number of urea groups is 1. The Morgan fingerprint density at radius 2 is 1.97 bits per heavy atom. The Hall–Kier alpha value is -3.27. The quantitative estimate of drug-likeness (QED) is 0.781. The molecule has 1 aromatic carbocycles. The zero-order chi connectivity index (χ0) is 22.4. The minimum absolute atomic E-state index is 0.0147. The molecule has 32 heavy (non-hydrogen) atoms. The number of halogens is 1. The number of ether oxygens (including phenoxy) is 1. The number of aryl methyl sites for hydroxylation is 1. The summed E-state index contributed by atoms with van der Waals surface area (Å²) in [5.41, 5.74) is 0.232. The molecule has 5 rings (SSSR count). The van der Waals surface area contributed by atoms with E-state index >= 15 is 0 Å². The maximum absolute atomic E-state index is 13.5. The molecule has 0 spiro atoms. The number of benzene rings is 1. The number of aromatic nitrogens is 1. The Bertz CT molecular complexity index is 1050. The molecule has 1 aromatic heterocycles. The molecule has 2 aliphatic heterocycles. The van der Waals surface area contributed by atoms with E-state index in [0.29, 0.717) is 5.76 Å². The monoisotopic (exact) mass is 442 g/mol. The Kier molecular flexibility index (Phi) is 5.16. The summed E-state index contributed by atoms with van der Waals surface area (Å²) in [5.74, 6) is -0.650. The molecule has 10 heteroatoms. The summed E-state index contributed by atoms with van der Waals surface area (Å²) >= 11 is 0. The molecule has 0 radical (unpaired) electrons. The zero-order valence-electron chi connectivity index (χ0n) is 17.5. The van der Waals surface area contributed by atoms with Crippen molar-refractivity contribution in [3.8, 4) is 0 Å². The lowest BCUT2D eigenvalue weighted by atomic mass is 9.81. The molecule has 3 aliphatic rings. The number of fused-ring (bicyclic) bond motifs is 3. The molecule has 3 heterocycles. The summed E-state index contributed by atoms with van der Waals surface area (Å²) in [6.07, 6.45) is 2.62. The third kappa shape index (κ3) is 3.54. The normalized spacial score (nSPS) is 27.3. The lowest BCUT2D eigenvalue weighted by Crippen LogP contribution is -2.65. The number of anilines is 2. The lowest BCUT2D eigenvalue weighted by molar-refractivity contribution is -0.133. The van der Waals surface area contributed by atoms with E-state index in [-0.39, 0.29) is 30.1 Å². The van der Waals surface area contributed by atoms with Crippen molar-refractivity contribution in [1.82, 2.24) is 10.1 Å². The van der Waals surface area contributed by atoms with Crippen molar-refractivity contribution in [2.45, 2.75) is 50.9 Å². The average Bonchev–Trinajstić information content (AvgIpc) is 3.36. The molecule has 2 aromatic rings. The molecule has 4 atom stereocenters. The van der Waals surface area contributed by atoms with Gasteiger partial charge in [-0.05, 0) is 44.0 Å². The van der Waals surface area contributed by atoms with Crippen molar-refractivity contribution in [1.29, 1.82) is 0 Å². The van der Waals surface area contributed by atoms with Gasteiger partial charge in [-0.3, -0.25) is 9.59 Å². The second-order valence-electron chi connectivity index (χ2n) is 8.47. The molecule has 9 nitrogen and oxygen atoms in total. The van der Waals surface area contributed by atoms with Crippen LogP contribution in [0.25, 0.3) is 0 Å². The summed E-state index contributed by atoms with van der Waals surface area (Å²) in [6.45, 7) is 1.43. The molecule has 1 aliphatic carbocycles. The Morgan fingerprint density at radius 3 is 2.69 bits per heavy atom. The largest absolute Gasteiger partial charge is 0.363 e. The average molecular weight is 442 g/mol. The van der Waals surface area contributed by atoms with Gasteiger partial charge in [0, 0.05) is 12.0 Å². The first-order chi connectivity index (χ1) is 15.4. The van der Waals surface area contributed by atoms with Crippen LogP contribution >= 0.6 is 0 Å². The molecular formula is C22H23FN4O5. The predicted octanol–water partition coefficient (Wildman–Crippen LogP) is 2.86. The summed E-state index contributed by atoms with van der Waals surface area (Å²) in [7, 11) is 0. The fourth-order valence-electron chi connectivity index (χ4n) is 5.02. The van der Waals surface area contributed by atoms with Crippen molar-refractivity contribution in [2.24, 2.45) is 5.92 Å². The first-order valence-corrected chi connectivity index (χ1v) is 10.7. The molecule has 1 saturated carbocycles. The molecule has 4 unspecified atom stereocenters. The maximum atomic E-state index is 13.5. The summed E-state index contributed by atoms with van der Waals surface area (Å²) in [5, 5.41) is 6.37. The van der Waals surface area contributed by atoms with E-state index in [4.69, 9.17) is 9.26 Å². The number of rotatable bonds is 4. The van der Waals surface area contributed by atoms with Crippen LogP contribution in [-0.2, 0) is 14.3 Å². The SMILES string of the molecule is Cc1cc(NC(=O)CN2C(=O)N(c3ccc(F)cc3)C(=O)C3OC4CCCCC4C32)no1. The number of hydrogen-bond acceptors (Lipinski definition) is 6. The van der Waals surface area contributed by atoms with Gasteiger partial charge in [-0.25, -0.2) is 14.1 Å². The van der Waals surface area contributed by atoms with Gasteiger partial charge in [-0.1, -0.05) is 18.0 Å². The number of carbonyl (C=O) groups is 3. The van der Waals surface area contributed by atoms with E-state index in [9.17, 15) is 18.8 Å². The Morgan fingerprint density at radius 1 is 1.22 bits per heavy atom. The van der Waals surface area contributed by atoms with Crippen LogP contribution < -0.4 is 10.2 Å². The summed E-state index contributed by atoms with van der Waals surface area (Å²) in [6, 6.07) is 5.52. The van der Waals surface area contributed by atoms with Crippen molar-refractivity contribution in [3.05, 3.63) is 41.9 Å². The second-order valence-corrected chi connectivity index (χ2v) is 8.47. The number of hydrogen-bond donors (Lipinski definition) is 1. The van der Waals surface area contributed by atoms with Gasteiger partial charge < -0.3 is 19.5 Å². The number of imide groups is 1. The first-order valence-electron chi connectivity index (χ1n) is 10.7. The number of carbonyl (C=O) groups excluding carboxylic acids is 3. The third-order valence-electron chi connectivity index (χ3n) is 6.38. The van der Waals surface area contributed by atoms with E-state index < -0.39 is 35.8 Å². The van der Waals surface area contributed by atoms with Crippen molar-refractivity contribution in [3.63, 3.8) is 0 Å².